The Morgan fingerprint density at radius 3 is 2.82 bits per heavy atom. The van der Waals surface area contributed by atoms with Crippen LogP contribution in [0.15, 0.2) is 71.7 Å². The number of aromatic nitrogens is 2. The van der Waals surface area contributed by atoms with Crippen LogP contribution in [-0.4, -0.2) is 22.2 Å². The van der Waals surface area contributed by atoms with E-state index in [9.17, 15) is 9.59 Å². The number of carbonyl (C=O) groups is 1. The molecule has 9 nitrogen and oxygen atoms in total. The number of aryl methyl sites for hydroxylation is 1. The van der Waals surface area contributed by atoms with Gasteiger partial charge in [0.1, 0.15) is 18.0 Å². The number of fused-ring (bicyclic) bond motifs is 2. The highest BCUT2D eigenvalue weighted by atomic mass is 16.7. The summed E-state index contributed by atoms with van der Waals surface area (Å²) < 4.78 is 18.0. The summed E-state index contributed by atoms with van der Waals surface area (Å²) in [6.07, 6.45) is 1.74. The first-order valence-corrected chi connectivity index (χ1v) is 10.2. The number of nitrogens with one attached hydrogen (secondary N) is 2. The molecule has 4 aromatic rings. The molecule has 0 saturated carbocycles. The van der Waals surface area contributed by atoms with Gasteiger partial charge in [-0.1, -0.05) is 18.2 Å². The highest BCUT2D eigenvalue weighted by Gasteiger charge is 2.15. The van der Waals surface area contributed by atoms with Crippen molar-refractivity contribution in [2.45, 2.75) is 13.5 Å². The van der Waals surface area contributed by atoms with Gasteiger partial charge < -0.3 is 24.8 Å². The number of benzene rings is 2. The van der Waals surface area contributed by atoms with Crippen molar-refractivity contribution >= 4 is 23.1 Å². The summed E-state index contributed by atoms with van der Waals surface area (Å²) in [5.74, 6) is 1.66. The molecule has 166 valence electrons. The lowest BCUT2D eigenvalue weighted by molar-refractivity contribution is 0.174. The lowest BCUT2D eigenvalue weighted by Crippen LogP contribution is -2.20. The number of ether oxygens (including phenoxy) is 3. The van der Waals surface area contributed by atoms with E-state index in [1.54, 1.807) is 54.7 Å². The summed E-state index contributed by atoms with van der Waals surface area (Å²) in [6.45, 7) is 2.14. The van der Waals surface area contributed by atoms with Crippen molar-refractivity contribution in [3.05, 3.63) is 88.5 Å². The smallest absolute Gasteiger partial charge is 0.323 e. The number of rotatable bonds is 5. The van der Waals surface area contributed by atoms with Crippen molar-refractivity contribution in [3.63, 3.8) is 0 Å². The van der Waals surface area contributed by atoms with Gasteiger partial charge in [0.25, 0.3) is 5.56 Å². The molecule has 0 unspecified atom stereocenters. The monoisotopic (exact) mass is 444 g/mol. The molecule has 2 aromatic carbocycles. The molecule has 2 N–H and O–H groups in total. The molecule has 0 aliphatic carbocycles. The van der Waals surface area contributed by atoms with Crippen LogP contribution in [0.2, 0.25) is 0 Å². The van der Waals surface area contributed by atoms with Gasteiger partial charge in [-0.15, -0.1) is 0 Å². The van der Waals surface area contributed by atoms with Gasteiger partial charge in [-0.25, -0.2) is 9.78 Å². The Bertz CT molecular complexity index is 1420. The fraction of sp³-hybridized carbons (Fsp3) is 0.125. The zero-order chi connectivity index (χ0) is 22.8. The SMILES string of the molecule is Cc1ccc2nc(COc3ccccc3NC(=O)Nc3ccc4c(c3)OCO4)cc(=O)n2c1. The highest BCUT2D eigenvalue weighted by Crippen LogP contribution is 2.34. The second kappa shape index (κ2) is 8.54. The standard InChI is InChI=1S/C24H20N4O5/c1-15-6-9-22-25-17(11-23(29)28(22)12-15)13-31-19-5-3-2-4-18(19)27-24(30)26-16-7-8-20-21(10-16)33-14-32-20/h2-12H,13-14H2,1H3,(H2,26,27,30). The van der Waals surface area contributed by atoms with E-state index in [0.717, 1.165) is 5.56 Å². The summed E-state index contributed by atoms with van der Waals surface area (Å²) in [5.41, 5.74) is 2.85. The van der Waals surface area contributed by atoms with Crippen LogP contribution in [0.25, 0.3) is 5.65 Å². The predicted molar refractivity (Wildman–Crippen MR) is 122 cm³/mol. The number of urea groups is 1. The van der Waals surface area contributed by atoms with Crippen molar-refractivity contribution in [3.8, 4) is 17.2 Å². The van der Waals surface area contributed by atoms with E-state index < -0.39 is 6.03 Å². The maximum absolute atomic E-state index is 12.5. The Labute approximate surface area is 188 Å². The molecule has 0 fully saturated rings. The quantitative estimate of drug-likeness (QED) is 0.483. The number of nitrogens with zero attached hydrogens (tertiary/aromatic N) is 2. The number of hydrogen-bond acceptors (Lipinski definition) is 6. The van der Waals surface area contributed by atoms with E-state index in [1.165, 1.54) is 10.5 Å². The number of anilines is 2. The van der Waals surface area contributed by atoms with Crippen LogP contribution < -0.4 is 30.4 Å². The van der Waals surface area contributed by atoms with E-state index in [4.69, 9.17) is 14.2 Å². The molecule has 2 aromatic heterocycles. The molecule has 33 heavy (non-hydrogen) atoms. The fourth-order valence-corrected chi connectivity index (χ4v) is 3.44. The van der Waals surface area contributed by atoms with E-state index >= 15 is 0 Å². The Kier molecular flexibility index (Phi) is 5.27. The largest absolute Gasteiger partial charge is 0.485 e. The zero-order valence-electron chi connectivity index (χ0n) is 17.7. The topological polar surface area (TPSA) is 103 Å². The molecule has 0 spiro atoms. The molecule has 0 radical (unpaired) electrons. The Hall–Kier alpha value is -4.53. The molecule has 2 amide bonds. The van der Waals surface area contributed by atoms with Crippen molar-refractivity contribution in [1.29, 1.82) is 0 Å². The first-order chi connectivity index (χ1) is 16.0. The van der Waals surface area contributed by atoms with Gasteiger partial charge in [-0.05, 0) is 42.8 Å². The van der Waals surface area contributed by atoms with Crippen molar-refractivity contribution in [2.24, 2.45) is 0 Å². The van der Waals surface area contributed by atoms with Gasteiger partial charge in [0, 0.05) is 24.0 Å². The molecular formula is C24H20N4O5. The molecule has 0 atom stereocenters. The summed E-state index contributed by atoms with van der Waals surface area (Å²) in [5, 5.41) is 5.53. The molecule has 0 bridgehead atoms. The summed E-state index contributed by atoms with van der Waals surface area (Å²) in [6, 6.07) is 16.9. The fourth-order valence-electron chi connectivity index (χ4n) is 3.44. The van der Waals surface area contributed by atoms with Crippen LogP contribution in [0.4, 0.5) is 16.2 Å². The predicted octanol–water partition coefficient (Wildman–Crippen LogP) is 3.95. The maximum atomic E-state index is 12.5. The van der Waals surface area contributed by atoms with Crippen LogP contribution in [-0.2, 0) is 6.61 Å². The maximum Gasteiger partial charge on any atom is 0.323 e. The van der Waals surface area contributed by atoms with Crippen LogP contribution in [0.1, 0.15) is 11.3 Å². The van der Waals surface area contributed by atoms with Crippen molar-refractivity contribution in [1.82, 2.24) is 9.38 Å². The first kappa shape index (κ1) is 20.4. The van der Waals surface area contributed by atoms with Crippen LogP contribution in [0.3, 0.4) is 0 Å². The number of para-hydroxylation sites is 2. The first-order valence-electron chi connectivity index (χ1n) is 10.2. The Morgan fingerprint density at radius 1 is 1.06 bits per heavy atom. The van der Waals surface area contributed by atoms with E-state index in [2.05, 4.69) is 15.6 Å². The minimum absolute atomic E-state index is 0.0715. The van der Waals surface area contributed by atoms with Gasteiger partial charge in [0.15, 0.2) is 11.5 Å². The number of hydrogen-bond donors (Lipinski definition) is 2. The van der Waals surface area contributed by atoms with E-state index in [0.29, 0.717) is 40.0 Å². The minimum Gasteiger partial charge on any atom is -0.485 e. The molecule has 0 saturated heterocycles. The van der Waals surface area contributed by atoms with Crippen LogP contribution in [0, 0.1) is 6.92 Å². The normalized spacial score (nSPS) is 11.9. The zero-order valence-corrected chi connectivity index (χ0v) is 17.7. The summed E-state index contributed by atoms with van der Waals surface area (Å²) >= 11 is 0. The van der Waals surface area contributed by atoms with Gasteiger partial charge in [0.2, 0.25) is 6.79 Å². The highest BCUT2D eigenvalue weighted by molar-refractivity contribution is 6.00. The van der Waals surface area contributed by atoms with Gasteiger partial charge in [0.05, 0.1) is 11.4 Å². The van der Waals surface area contributed by atoms with Gasteiger partial charge >= 0.3 is 6.03 Å². The van der Waals surface area contributed by atoms with Crippen LogP contribution in [0.5, 0.6) is 17.2 Å². The second-order valence-corrected chi connectivity index (χ2v) is 7.45. The Morgan fingerprint density at radius 2 is 1.91 bits per heavy atom. The van der Waals surface area contributed by atoms with Gasteiger partial charge in [-0.3, -0.25) is 9.20 Å². The third-order valence-corrected chi connectivity index (χ3v) is 5.00. The van der Waals surface area contributed by atoms with Crippen LogP contribution >= 0.6 is 0 Å². The molecule has 5 rings (SSSR count). The molecule has 3 heterocycles. The number of pyridine rings is 1. The van der Waals surface area contributed by atoms with Crippen molar-refractivity contribution < 1.29 is 19.0 Å². The summed E-state index contributed by atoms with van der Waals surface area (Å²) in [7, 11) is 0. The lowest BCUT2D eigenvalue weighted by Gasteiger charge is -2.13. The molecular weight excluding hydrogens is 424 g/mol. The molecule has 1 aliphatic rings. The van der Waals surface area contributed by atoms with Gasteiger partial charge in [-0.2, -0.15) is 0 Å². The molecule has 1 aliphatic heterocycles. The average molecular weight is 444 g/mol. The van der Waals surface area contributed by atoms with E-state index in [1.807, 2.05) is 13.0 Å². The average Bonchev–Trinajstić information content (AvgIpc) is 3.27. The summed E-state index contributed by atoms with van der Waals surface area (Å²) in [4.78, 5) is 29.4. The minimum atomic E-state index is -0.442. The Balaban J connectivity index is 1.28. The lowest BCUT2D eigenvalue weighted by atomic mass is 10.2. The molecule has 9 heteroatoms. The third kappa shape index (κ3) is 4.42. The van der Waals surface area contributed by atoms with Crippen molar-refractivity contribution in [2.75, 3.05) is 17.4 Å². The number of amides is 2. The van der Waals surface area contributed by atoms with E-state index in [-0.39, 0.29) is 19.0 Å². The second-order valence-electron chi connectivity index (χ2n) is 7.45. The number of carbonyl (C=O) groups excluding carboxylic acids is 1. The third-order valence-electron chi connectivity index (χ3n) is 5.00.